The summed E-state index contributed by atoms with van der Waals surface area (Å²) in [4.78, 5) is 4.37. The van der Waals surface area contributed by atoms with E-state index in [1.54, 1.807) is 24.3 Å². The smallest absolute Gasteiger partial charge is 0.240 e. The molecular formula is C12H15N3O2S. The van der Waals surface area contributed by atoms with Gasteiger partial charge in [0.1, 0.15) is 5.82 Å². The fourth-order valence-corrected chi connectivity index (χ4v) is 2.78. The summed E-state index contributed by atoms with van der Waals surface area (Å²) in [6.07, 6.45) is 0.755. The van der Waals surface area contributed by atoms with Crippen LogP contribution in [0.3, 0.4) is 0 Å². The number of nitrogens with one attached hydrogen (secondary N) is 1. The van der Waals surface area contributed by atoms with Gasteiger partial charge in [-0.05, 0) is 36.8 Å². The number of benzene rings is 1. The van der Waals surface area contributed by atoms with Crippen LogP contribution in [0.4, 0.5) is 5.82 Å². The molecular weight excluding hydrogens is 250 g/mol. The van der Waals surface area contributed by atoms with E-state index in [0.29, 0.717) is 17.9 Å². The van der Waals surface area contributed by atoms with Gasteiger partial charge in [0.25, 0.3) is 0 Å². The van der Waals surface area contributed by atoms with Crippen LogP contribution in [0.25, 0.3) is 10.9 Å². The van der Waals surface area contributed by atoms with E-state index in [1.807, 2.05) is 6.92 Å². The highest BCUT2D eigenvalue weighted by atomic mass is 32.2. The number of anilines is 1. The van der Waals surface area contributed by atoms with Crippen LogP contribution in [-0.2, 0) is 10.0 Å². The van der Waals surface area contributed by atoms with Crippen LogP contribution in [0.2, 0.25) is 0 Å². The van der Waals surface area contributed by atoms with Gasteiger partial charge < -0.3 is 5.73 Å². The molecule has 0 unspecified atom stereocenters. The number of fused-ring (bicyclic) bond motifs is 1. The van der Waals surface area contributed by atoms with Crippen LogP contribution in [0.1, 0.15) is 13.3 Å². The molecule has 18 heavy (non-hydrogen) atoms. The number of rotatable bonds is 4. The third-order valence-electron chi connectivity index (χ3n) is 2.53. The highest BCUT2D eigenvalue weighted by Gasteiger charge is 2.13. The van der Waals surface area contributed by atoms with Gasteiger partial charge in [0.15, 0.2) is 0 Å². The van der Waals surface area contributed by atoms with Crippen molar-refractivity contribution < 1.29 is 8.42 Å². The Morgan fingerprint density at radius 2 is 2.06 bits per heavy atom. The summed E-state index contributed by atoms with van der Waals surface area (Å²) in [5.74, 6) is 0.419. The lowest BCUT2D eigenvalue weighted by atomic mass is 10.2. The molecule has 0 aliphatic carbocycles. The lowest BCUT2D eigenvalue weighted by Gasteiger charge is -2.06. The van der Waals surface area contributed by atoms with Gasteiger partial charge >= 0.3 is 0 Å². The van der Waals surface area contributed by atoms with Gasteiger partial charge in [-0.3, -0.25) is 0 Å². The molecule has 0 aliphatic heterocycles. The zero-order valence-electron chi connectivity index (χ0n) is 10.1. The van der Waals surface area contributed by atoms with Gasteiger partial charge in [0.05, 0.1) is 10.4 Å². The van der Waals surface area contributed by atoms with Crippen molar-refractivity contribution in [3.05, 3.63) is 30.3 Å². The Balaban J connectivity index is 2.44. The van der Waals surface area contributed by atoms with Gasteiger partial charge in [0, 0.05) is 11.9 Å². The van der Waals surface area contributed by atoms with E-state index in [0.717, 1.165) is 11.8 Å². The third kappa shape index (κ3) is 2.60. The molecule has 3 N–H and O–H groups in total. The Bertz CT molecular complexity index is 668. The number of sulfonamides is 1. The minimum atomic E-state index is -3.43. The van der Waals surface area contributed by atoms with Crippen molar-refractivity contribution in [1.29, 1.82) is 0 Å². The topological polar surface area (TPSA) is 85.1 Å². The number of hydrogen-bond acceptors (Lipinski definition) is 4. The van der Waals surface area contributed by atoms with Crippen molar-refractivity contribution in [3.63, 3.8) is 0 Å². The van der Waals surface area contributed by atoms with E-state index in [1.165, 1.54) is 6.07 Å². The Kier molecular flexibility index (Phi) is 3.49. The fraction of sp³-hybridized carbons (Fsp3) is 0.250. The van der Waals surface area contributed by atoms with E-state index in [-0.39, 0.29) is 4.90 Å². The van der Waals surface area contributed by atoms with E-state index in [2.05, 4.69) is 9.71 Å². The molecule has 0 atom stereocenters. The molecule has 0 fully saturated rings. The van der Waals surface area contributed by atoms with Gasteiger partial charge in [0.2, 0.25) is 10.0 Å². The number of nitrogens with two attached hydrogens (primary N) is 1. The molecule has 0 saturated heterocycles. The van der Waals surface area contributed by atoms with Crippen molar-refractivity contribution in [2.24, 2.45) is 0 Å². The summed E-state index contributed by atoms with van der Waals surface area (Å²) in [5, 5.41) is 0.753. The van der Waals surface area contributed by atoms with Gasteiger partial charge in [-0.1, -0.05) is 6.92 Å². The molecule has 0 spiro atoms. The van der Waals surface area contributed by atoms with E-state index in [4.69, 9.17) is 5.73 Å². The Hall–Kier alpha value is -1.66. The first-order chi connectivity index (χ1) is 8.53. The fourth-order valence-electron chi connectivity index (χ4n) is 1.61. The molecule has 1 aromatic carbocycles. The minimum Gasteiger partial charge on any atom is -0.384 e. The predicted molar refractivity (Wildman–Crippen MR) is 71.6 cm³/mol. The standard InChI is InChI=1S/C12H15N3O2S/c1-2-7-14-18(16,17)10-4-5-11-9(8-10)3-6-12(13)15-11/h3-6,8,14H,2,7H2,1H3,(H2,13,15). The maximum atomic E-state index is 11.9. The van der Waals surface area contributed by atoms with Crippen molar-refractivity contribution in [2.75, 3.05) is 12.3 Å². The summed E-state index contributed by atoms with van der Waals surface area (Å²) in [5.41, 5.74) is 6.26. The second kappa shape index (κ2) is 4.91. The number of pyridine rings is 1. The average molecular weight is 265 g/mol. The molecule has 2 rings (SSSR count). The van der Waals surface area contributed by atoms with E-state index >= 15 is 0 Å². The quantitative estimate of drug-likeness (QED) is 0.877. The molecule has 2 aromatic rings. The van der Waals surface area contributed by atoms with Crippen LogP contribution < -0.4 is 10.5 Å². The minimum absolute atomic E-state index is 0.245. The first kappa shape index (κ1) is 12.8. The first-order valence-corrected chi connectivity index (χ1v) is 7.17. The Labute approximate surface area is 106 Å². The molecule has 0 saturated carbocycles. The Morgan fingerprint density at radius 3 is 2.78 bits per heavy atom. The van der Waals surface area contributed by atoms with Crippen LogP contribution in [0.5, 0.6) is 0 Å². The van der Waals surface area contributed by atoms with Crippen LogP contribution in [-0.4, -0.2) is 19.9 Å². The monoisotopic (exact) mass is 265 g/mol. The highest BCUT2D eigenvalue weighted by molar-refractivity contribution is 7.89. The second-order valence-corrected chi connectivity index (χ2v) is 5.76. The van der Waals surface area contributed by atoms with E-state index < -0.39 is 10.0 Å². The summed E-state index contributed by atoms with van der Waals surface area (Å²) in [7, 11) is -3.43. The molecule has 0 bridgehead atoms. The number of nitrogens with zero attached hydrogens (tertiary/aromatic N) is 1. The molecule has 0 amide bonds. The molecule has 6 heteroatoms. The third-order valence-corrected chi connectivity index (χ3v) is 3.99. The normalized spacial score (nSPS) is 11.8. The molecule has 96 valence electrons. The largest absolute Gasteiger partial charge is 0.384 e. The van der Waals surface area contributed by atoms with Crippen molar-refractivity contribution >= 4 is 26.7 Å². The molecule has 0 aliphatic rings. The number of aromatic nitrogens is 1. The van der Waals surface area contributed by atoms with Crippen molar-refractivity contribution in [1.82, 2.24) is 9.71 Å². The van der Waals surface area contributed by atoms with Gasteiger partial charge in [-0.15, -0.1) is 0 Å². The SMILES string of the molecule is CCCNS(=O)(=O)c1ccc2nc(N)ccc2c1. The zero-order chi connectivity index (χ0) is 13.2. The van der Waals surface area contributed by atoms with Crippen molar-refractivity contribution in [2.45, 2.75) is 18.2 Å². The lowest BCUT2D eigenvalue weighted by molar-refractivity contribution is 0.581. The summed E-state index contributed by atoms with van der Waals surface area (Å²) < 4.78 is 26.4. The van der Waals surface area contributed by atoms with Crippen LogP contribution in [0, 0.1) is 0 Å². The second-order valence-electron chi connectivity index (χ2n) is 3.99. The first-order valence-electron chi connectivity index (χ1n) is 5.69. The van der Waals surface area contributed by atoms with Gasteiger partial charge in [-0.2, -0.15) is 0 Å². The molecule has 1 aromatic heterocycles. The maximum absolute atomic E-state index is 11.9. The predicted octanol–water partition coefficient (Wildman–Crippen LogP) is 1.51. The van der Waals surface area contributed by atoms with E-state index in [9.17, 15) is 8.42 Å². The van der Waals surface area contributed by atoms with Crippen LogP contribution in [0.15, 0.2) is 35.2 Å². The lowest BCUT2D eigenvalue weighted by Crippen LogP contribution is -2.24. The molecule has 1 heterocycles. The van der Waals surface area contributed by atoms with Crippen molar-refractivity contribution in [3.8, 4) is 0 Å². The number of nitrogen functional groups attached to an aromatic ring is 1. The average Bonchev–Trinajstić information content (AvgIpc) is 2.35. The highest BCUT2D eigenvalue weighted by Crippen LogP contribution is 2.18. The summed E-state index contributed by atoms with van der Waals surface area (Å²) in [6, 6.07) is 8.20. The Morgan fingerprint density at radius 1 is 1.28 bits per heavy atom. The van der Waals surface area contributed by atoms with Gasteiger partial charge in [-0.25, -0.2) is 18.1 Å². The maximum Gasteiger partial charge on any atom is 0.240 e. The molecule has 0 radical (unpaired) electrons. The summed E-state index contributed by atoms with van der Waals surface area (Å²) >= 11 is 0. The summed E-state index contributed by atoms with van der Waals surface area (Å²) in [6.45, 7) is 2.34. The molecule has 5 nitrogen and oxygen atoms in total. The van der Waals surface area contributed by atoms with Crippen LogP contribution >= 0.6 is 0 Å². The number of hydrogen-bond donors (Lipinski definition) is 2. The zero-order valence-corrected chi connectivity index (χ0v) is 10.9.